The summed E-state index contributed by atoms with van der Waals surface area (Å²) in [5, 5.41) is 4.09. The number of aromatic nitrogens is 2. The summed E-state index contributed by atoms with van der Waals surface area (Å²) >= 11 is 0. The second-order valence-corrected chi connectivity index (χ2v) is 3.94. The van der Waals surface area contributed by atoms with Crippen LogP contribution in [-0.4, -0.2) is 16.1 Å². The molecule has 0 saturated heterocycles. The Morgan fingerprint density at radius 1 is 1.16 bits per heavy atom. The second-order valence-electron chi connectivity index (χ2n) is 3.94. The molecule has 0 aliphatic heterocycles. The molecule has 0 unspecified atom stereocenters. The molecule has 1 aromatic heterocycles. The highest BCUT2D eigenvalue weighted by Gasteiger charge is 2.30. The van der Waals surface area contributed by atoms with Gasteiger partial charge in [-0.3, -0.25) is 4.68 Å². The first-order valence-corrected chi connectivity index (χ1v) is 5.52. The lowest BCUT2D eigenvalue weighted by Gasteiger charge is -2.09. The molecule has 0 spiro atoms. The second kappa shape index (κ2) is 5.31. The molecule has 2 rings (SSSR count). The molecular formula is C12H12F3N3O. The lowest BCUT2D eigenvalue weighted by atomic mass is 10.2. The van der Waals surface area contributed by atoms with Gasteiger partial charge in [0.1, 0.15) is 5.75 Å². The first-order valence-electron chi connectivity index (χ1n) is 5.52. The molecule has 1 aromatic carbocycles. The fourth-order valence-electron chi connectivity index (χ4n) is 1.58. The molecule has 0 fully saturated rings. The number of halogens is 3. The predicted octanol–water partition coefficient (Wildman–Crippen LogP) is 2.29. The Kier molecular flexibility index (Phi) is 3.75. The summed E-state index contributed by atoms with van der Waals surface area (Å²) < 4.78 is 41.4. The van der Waals surface area contributed by atoms with Crippen molar-refractivity contribution in [3.8, 4) is 5.75 Å². The lowest BCUT2D eigenvalue weighted by Crippen LogP contribution is -2.17. The van der Waals surface area contributed by atoms with E-state index in [1.165, 1.54) is 12.1 Å². The quantitative estimate of drug-likeness (QED) is 0.928. The van der Waals surface area contributed by atoms with Crippen LogP contribution in [-0.2, 0) is 13.1 Å². The van der Waals surface area contributed by atoms with Gasteiger partial charge in [-0.05, 0) is 17.7 Å². The first-order chi connectivity index (χ1) is 8.96. The van der Waals surface area contributed by atoms with Gasteiger partial charge in [0.25, 0.3) is 0 Å². The van der Waals surface area contributed by atoms with Crippen LogP contribution in [0.1, 0.15) is 11.1 Å². The molecule has 2 aromatic rings. The number of rotatable bonds is 4. The number of nitrogens with zero attached hydrogens (tertiary/aromatic N) is 2. The van der Waals surface area contributed by atoms with Crippen molar-refractivity contribution in [1.82, 2.24) is 9.78 Å². The Balaban J connectivity index is 2.02. The van der Waals surface area contributed by atoms with Crippen molar-refractivity contribution in [1.29, 1.82) is 0 Å². The fourth-order valence-corrected chi connectivity index (χ4v) is 1.58. The summed E-state index contributed by atoms with van der Waals surface area (Å²) in [5.74, 6) is -0.237. The van der Waals surface area contributed by atoms with Gasteiger partial charge in [-0.25, -0.2) is 0 Å². The number of hydrogen-bond donors (Lipinski definition) is 1. The molecule has 7 heteroatoms. The topological polar surface area (TPSA) is 53.1 Å². The number of nitrogens with two attached hydrogens (primary N) is 1. The van der Waals surface area contributed by atoms with Crippen LogP contribution in [0.3, 0.4) is 0 Å². The van der Waals surface area contributed by atoms with E-state index in [-0.39, 0.29) is 5.75 Å². The van der Waals surface area contributed by atoms with E-state index in [0.717, 1.165) is 11.1 Å². The summed E-state index contributed by atoms with van der Waals surface area (Å²) in [4.78, 5) is 0. The van der Waals surface area contributed by atoms with Crippen LogP contribution < -0.4 is 10.5 Å². The van der Waals surface area contributed by atoms with Crippen LogP contribution in [0.2, 0.25) is 0 Å². The number of ether oxygens (including phenoxy) is 1. The van der Waals surface area contributed by atoms with E-state index in [1.54, 1.807) is 29.2 Å². The van der Waals surface area contributed by atoms with E-state index in [4.69, 9.17) is 5.73 Å². The molecule has 0 bridgehead atoms. The van der Waals surface area contributed by atoms with Gasteiger partial charge in [-0.1, -0.05) is 12.1 Å². The van der Waals surface area contributed by atoms with Crippen LogP contribution in [0.25, 0.3) is 0 Å². The minimum Gasteiger partial charge on any atom is -0.406 e. The van der Waals surface area contributed by atoms with Gasteiger partial charge in [-0.15, -0.1) is 13.2 Å². The van der Waals surface area contributed by atoms with Crippen molar-refractivity contribution in [3.63, 3.8) is 0 Å². The van der Waals surface area contributed by atoms with Crippen LogP contribution in [0.4, 0.5) is 13.2 Å². The third kappa shape index (κ3) is 3.99. The normalized spacial score (nSPS) is 11.6. The summed E-state index contributed by atoms with van der Waals surface area (Å²) in [5.41, 5.74) is 7.18. The minimum absolute atomic E-state index is 0.237. The van der Waals surface area contributed by atoms with E-state index in [1.807, 2.05) is 0 Å². The van der Waals surface area contributed by atoms with Gasteiger partial charge in [0.2, 0.25) is 0 Å². The highest BCUT2D eigenvalue weighted by molar-refractivity contribution is 5.27. The van der Waals surface area contributed by atoms with E-state index < -0.39 is 6.36 Å². The molecule has 19 heavy (non-hydrogen) atoms. The van der Waals surface area contributed by atoms with Crippen molar-refractivity contribution >= 4 is 0 Å². The van der Waals surface area contributed by atoms with Crippen LogP contribution in [0.15, 0.2) is 36.7 Å². The molecule has 0 aliphatic rings. The zero-order chi connectivity index (χ0) is 13.9. The van der Waals surface area contributed by atoms with E-state index >= 15 is 0 Å². The highest BCUT2D eigenvalue weighted by Crippen LogP contribution is 2.22. The molecule has 0 atom stereocenters. The van der Waals surface area contributed by atoms with E-state index in [0.29, 0.717) is 13.1 Å². The van der Waals surface area contributed by atoms with Gasteiger partial charge in [-0.2, -0.15) is 5.10 Å². The van der Waals surface area contributed by atoms with E-state index in [9.17, 15) is 13.2 Å². The Bertz CT molecular complexity index is 534. The van der Waals surface area contributed by atoms with Gasteiger partial charge >= 0.3 is 6.36 Å². The zero-order valence-corrected chi connectivity index (χ0v) is 9.89. The third-order valence-corrected chi connectivity index (χ3v) is 2.42. The number of benzene rings is 1. The number of hydrogen-bond acceptors (Lipinski definition) is 3. The Morgan fingerprint density at radius 3 is 2.37 bits per heavy atom. The molecule has 102 valence electrons. The van der Waals surface area contributed by atoms with Crippen molar-refractivity contribution in [2.24, 2.45) is 5.73 Å². The molecule has 0 amide bonds. The standard InChI is InChI=1S/C12H12F3N3O/c13-12(14,15)19-11-3-1-9(2-4-11)7-18-8-10(5-16)6-17-18/h1-4,6,8H,5,7,16H2. The van der Waals surface area contributed by atoms with Crippen LogP contribution in [0.5, 0.6) is 5.75 Å². The van der Waals surface area contributed by atoms with Crippen molar-refractivity contribution in [3.05, 3.63) is 47.8 Å². The lowest BCUT2D eigenvalue weighted by molar-refractivity contribution is -0.274. The Hall–Kier alpha value is -2.02. The summed E-state index contributed by atoms with van der Waals surface area (Å²) in [6, 6.07) is 5.67. The average molecular weight is 271 g/mol. The zero-order valence-electron chi connectivity index (χ0n) is 9.89. The maximum Gasteiger partial charge on any atom is 0.573 e. The van der Waals surface area contributed by atoms with Gasteiger partial charge in [0.15, 0.2) is 0 Å². The van der Waals surface area contributed by atoms with Gasteiger partial charge < -0.3 is 10.5 Å². The van der Waals surface area contributed by atoms with E-state index in [2.05, 4.69) is 9.84 Å². The molecule has 0 radical (unpaired) electrons. The maximum atomic E-state index is 12.0. The SMILES string of the molecule is NCc1cnn(Cc2ccc(OC(F)(F)F)cc2)c1. The summed E-state index contributed by atoms with van der Waals surface area (Å²) in [6.07, 6.45) is -1.22. The molecule has 2 N–H and O–H groups in total. The predicted molar refractivity (Wildman–Crippen MR) is 62.3 cm³/mol. The highest BCUT2D eigenvalue weighted by atomic mass is 19.4. The largest absolute Gasteiger partial charge is 0.573 e. The maximum absolute atomic E-state index is 12.0. The van der Waals surface area contributed by atoms with Crippen molar-refractivity contribution < 1.29 is 17.9 Å². The monoisotopic (exact) mass is 271 g/mol. The fraction of sp³-hybridized carbons (Fsp3) is 0.250. The minimum atomic E-state index is -4.67. The van der Waals surface area contributed by atoms with Crippen molar-refractivity contribution in [2.45, 2.75) is 19.5 Å². The molecule has 0 aliphatic carbocycles. The van der Waals surface area contributed by atoms with Crippen LogP contribution in [0, 0.1) is 0 Å². The third-order valence-electron chi connectivity index (χ3n) is 2.42. The molecule has 4 nitrogen and oxygen atoms in total. The number of alkyl halides is 3. The summed E-state index contributed by atoms with van der Waals surface area (Å²) in [6.45, 7) is 0.866. The first kappa shape index (κ1) is 13.4. The smallest absolute Gasteiger partial charge is 0.406 e. The average Bonchev–Trinajstić information content (AvgIpc) is 2.77. The Labute approximate surface area is 107 Å². The Morgan fingerprint density at radius 2 is 1.84 bits per heavy atom. The molecule has 0 saturated carbocycles. The molecular weight excluding hydrogens is 259 g/mol. The van der Waals surface area contributed by atoms with Crippen molar-refractivity contribution in [2.75, 3.05) is 0 Å². The molecule has 1 heterocycles. The van der Waals surface area contributed by atoms with Gasteiger partial charge in [0, 0.05) is 18.3 Å². The summed E-state index contributed by atoms with van der Waals surface area (Å²) in [7, 11) is 0. The van der Waals surface area contributed by atoms with Crippen LogP contribution >= 0.6 is 0 Å². The van der Waals surface area contributed by atoms with Gasteiger partial charge in [0.05, 0.1) is 12.7 Å².